The zero-order valence-corrected chi connectivity index (χ0v) is 33.6. The first kappa shape index (κ1) is 34.6. The van der Waals surface area contributed by atoms with Crippen LogP contribution in [0.15, 0.2) is 217 Å². The second-order valence-electron chi connectivity index (χ2n) is 16.8. The van der Waals surface area contributed by atoms with Crippen molar-refractivity contribution >= 4 is 39.0 Å². The lowest BCUT2D eigenvalue weighted by molar-refractivity contribution is 0.648. The predicted molar refractivity (Wildman–Crippen MR) is 249 cm³/mol. The van der Waals surface area contributed by atoms with Crippen LogP contribution in [0.5, 0.6) is 0 Å². The molecule has 1 aromatic heterocycles. The van der Waals surface area contributed by atoms with E-state index < -0.39 is 5.41 Å². The molecule has 60 heavy (non-hydrogen) atoms. The third kappa shape index (κ3) is 4.82. The van der Waals surface area contributed by atoms with Crippen LogP contribution >= 0.6 is 0 Å². The maximum atomic E-state index is 7.23. The molecule has 0 aliphatic heterocycles. The average molecular weight is 768 g/mol. The molecule has 2 heteroatoms. The highest BCUT2D eigenvalue weighted by molar-refractivity contribution is 6.15. The number of hydrogen-bond donors (Lipinski definition) is 0. The Morgan fingerprint density at radius 2 is 0.933 bits per heavy atom. The molecule has 10 aromatic rings. The van der Waals surface area contributed by atoms with Crippen molar-refractivity contribution in [1.82, 2.24) is 0 Å². The Balaban J connectivity index is 1.16. The van der Waals surface area contributed by atoms with Gasteiger partial charge in [-0.05, 0) is 97.6 Å². The van der Waals surface area contributed by atoms with Gasteiger partial charge in [-0.2, -0.15) is 0 Å². The lowest BCUT2D eigenvalue weighted by atomic mass is 9.67. The van der Waals surface area contributed by atoms with Gasteiger partial charge in [-0.15, -0.1) is 0 Å². The molecule has 0 saturated heterocycles. The minimum atomic E-state index is -0.620. The molecule has 2 aliphatic carbocycles. The average Bonchev–Trinajstić information content (AvgIpc) is 3.92. The summed E-state index contributed by atoms with van der Waals surface area (Å²) < 4.78 is 7.23. The number of nitrogens with zero attached hydrogens (tertiary/aromatic N) is 1. The van der Waals surface area contributed by atoms with E-state index in [1.807, 2.05) is 0 Å². The summed E-state index contributed by atoms with van der Waals surface area (Å²) in [5, 5.41) is 2.18. The number of furan rings is 1. The lowest BCUT2D eigenvalue weighted by Crippen LogP contribution is -2.29. The summed E-state index contributed by atoms with van der Waals surface area (Å²) in [6.07, 6.45) is 0. The van der Waals surface area contributed by atoms with Gasteiger partial charge in [-0.1, -0.05) is 190 Å². The fourth-order valence-corrected chi connectivity index (χ4v) is 10.7. The van der Waals surface area contributed by atoms with E-state index in [0.717, 1.165) is 44.6 Å². The third-order valence-electron chi connectivity index (χ3n) is 13.4. The summed E-state index contributed by atoms with van der Waals surface area (Å²) >= 11 is 0. The Labute approximate surface area is 350 Å². The number of rotatable bonds is 6. The zero-order valence-electron chi connectivity index (χ0n) is 33.6. The highest BCUT2D eigenvalue weighted by Crippen LogP contribution is 2.59. The molecule has 284 valence electrons. The van der Waals surface area contributed by atoms with Crippen molar-refractivity contribution in [3.05, 3.63) is 246 Å². The molecule has 12 rings (SSSR count). The first-order valence-corrected chi connectivity index (χ1v) is 20.9. The predicted octanol–water partition coefficient (Wildman–Crippen LogP) is 15.4. The summed E-state index contributed by atoms with van der Waals surface area (Å²) in [5.41, 5.74) is 19.3. The standard InChI is InChI=1S/C58H41NO/c1-57(2)48-25-13-9-21-43(48)46-34-33-42(37-52(46)57)59(41-31-29-39(30-32-41)38-17-5-3-6-18-38)53-36-35-51(56-55(53)47-24-12-16-28-54(47)60-56)58(40-19-7-4-8-20-40)49-26-14-10-22-44(49)45-23-11-15-27-50(45)58/h3-37H,1-2H3. The van der Waals surface area contributed by atoms with Gasteiger partial charge in [0, 0.05) is 27.7 Å². The van der Waals surface area contributed by atoms with Crippen LogP contribution < -0.4 is 4.90 Å². The highest BCUT2D eigenvalue weighted by atomic mass is 16.3. The molecule has 0 atom stereocenters. The molecule has 1 heterocycles. The van der Waals surface area contributed by atoms with Crippen molar-refractivity contribution in [3.8, 4) is 33.4 Å². The summed E-state index contributed by atoms with van der Waals surface area (Å²) in [6, 6.07) is 77.7. The van der Waals surface area contributed by atoms with E-state index >= 15 is 0 Å². The van der Waals surface area contributed by atoms with E-state index in [-0.39, 0.29) is 5.41 Å². The molecular formula is C58H41NO. The molecule has 0 amide bonds. The molecule has 9 aromatic carbocycles. The van der Waals surface area contributed by atoms with Crippen molar-refractivity contribution in [3.63, 3.8) is 0 Å². The number of hydrogen-bond acceptors (Lipinski definition) is 2. The molecule has 0 bridgehead atoms. The van der Waals surface area contributed by atoms with Gasteiger partial charge >= 0.3 is 0 Å². The second kappa shape index (κ2) is 13.0. The van der Waals surface area contributed by atoms with Crippen LogP contribution in [0.25, 0.3) is 55.3 Å². The molecular weight excluding hydrogens is 727 g/mol. The van der Waals surface area contributed by atoms with Crippen LogP contribution in [-0.4, -0.2) is 0 Å². The maximum absolute atomic E-state index is 7.23. The van der Waals surface area contributed by atoms with Gasteiger partial charge in [0.1, 0.15) is 11.2 Å². The van der Waals surface area contributed by atoms with Gasteiger partial charge in [0.15, 0.2) is 0 Å². The fraction of sp³-hybridized carbons (Fsp3) is 0.0690. The van der Waals surface area contributed by atoms with E-state index in [1.54, 1.807) is 0 Å². The first-order valence-electron chi connectivity index (χ1n) is 20.9. The normalized spacial score (nSPS) is 14.1. The molecule has 0 radical (unpaired) electrons. The van der Waals surface area contributed by atoms with Crippen molar-refractivity contribution in [1.29, 1.82) is 0 Å². The van der Waals surface area contributed by atoms with Crippen LogP contribution in [0.3, 0.4) is 0 Å². The summed E-state index contributed by atoms with van der Waals surface area (Å²) in [5.74, 6) is 0. The van der Waals surface area contributed by atoms with Crippen LogP contribution in [0, 0.1) is 0 Å². The summed E-state index contributed by atoms with van der Waals surface area (Å²) in [7, 11) is 0. The van der Waals surface area contributed by atoms with Crippen molar-refractivity contribution in [2.75, 3.05) is 4.90 Å². The third-order valence-corrected chi connectivity index (χ3v) is 13.4. The number of fused-ring (bicyclic) bond motifs is 9. The lowest BCUT2D eigenvalue weighted by Gasteiger charge is -2.35. The molecule has 2 aliphatic rings. The quantitative estimate of drug-likeness (QED) is 0.168. The van der Waals surface area contributed by atoms with Crippen molar-refractivity contribution in [2.45, 2.75) is 24.7 Å². The SMILES string of the molecule is CC1(C)c2ccccc2-c2ccc(N(c3ccc(-c4ccccc4)cc3)c3ccc(C4(c5ccccc5)c5ccccc5-c5ccccc54)c4oc5ccccc5c34)cc21. The van der Waals surface area contributed by atoms with E-state index in [2.05, 4.69) is 231 Å². The first-order chi connectivity index (χ1) is 29.5. The Hall–Kier alpha value is -7.42. The molecule has 0 N–H and O–H groups in total. The minimum absolute atomic E-state index is 0.155. The Morgan fingerprint density at radius 1 is 0.400 bits per heavy atom. The van der Waals surface area contributed by atoms with Crippen LogP contribution in [-0.2, 0) is 10.8 Å². The van der Waals surface area contributed by atoms with E-state index in [1.165, 1.54) is 61.2 Å². The Kier molecular flexibility index (Phi) is 7.52. The monoisotopic (exact) mass is 767 g/mol. The van der Waals surface area contributed by atoms with Crippen LogP contribution in [0.4, 0.5) is 17.1 Å². The van der Waals surface area contributed by atoms with Gasteiger partial charge in [0.25, 0.3) is 0 Å². The second-order valence-corrected chi connectivity index (χ2v) is 16.8. The van der Waals surface area contributed by atoms with Crippen LogP contribution in [0.1, 0.15) is 47.2 Å². The fourth-order valence-electron chi connectivity index (χ4n) is 10.7. The molecule has 0 spiro atoms. The van der Waals surface area contributed by atoms with Gasteiger partial charge in [-0.25, -0.2) is 0 Å². The Bertz CT molecular complexity index is 3240. The number of para-hydroxylation sites is 1. The number of anilines is 3. The van der Waals surface area contributed by atoms with Gasteiger partial charge in [0.05, 0.1) is 16.5 Å². The number of benzene rings is 9. The van der Waals surface area contributed by atoms with Crippen LogP contribution in [0.2, 0.25) is 0 Å². The molecule has 0 unspecified atom stereocenters. The molecule has 0 saturated carbocycles. The Morgan fingerprint density at radius 3 is 1.63 bits per heavy atom. The summed E-state index contributed by atoms with van der Waals surface area (Å²) in [6.45, 7) is 4.72. The van der Waals surface area contributed by atoms with Crippen molar-refractivity contribution in [2.24, 2.45) is 0 Å². The summed E-state index contributed by atoms with van der Waals surface area (Å²) in [4.78, 5) is 2.45. The van der Waals surface area contributed by atoms with Gasteiger partial charge in [-0.3, -0.25) is 0 Å². The van der Waals surface area contributed by atoms with E-state index in [9.17, 15) is 0 Å². The zero-order chi connectivity index (χ0) is 40.0. The maximum Gasteiger partial charge on any atom is 0.142 e. The molecule has 2 nitrogen and oxygen atoms in total. The molecule has 0 fully saturated rings. The van der Waals surface area contributed by atoms with Gasteiger partial charge < -0.3 is 9.32 Å². The van der Waals surface area contributed by atoms with E-state index in [0.29, 0.717) is 0 Å². The van der Waals surface area contributed by atoms with Gasteiger partial charge in [0.2, 0.25) is 0 Å². The highest BCUT2D eigenvalue weighted by Gasteiger charge is 2.48. The smallest absolute Gasteiger partial charge is 0.142 e. The minimum Gasteiger partial charge on any atom is -0.456 e. The largest absolute Gasteiger partial charge is 0.456 e. The van der Waals surface area contributed by atoms with E-state index in [4.69, 9.17) is 4.42 Å². The van der Waals surface area contributed by atoms with Crippen molar-refractivity contribution < 1.29 is 4.42 Å². The topological polar surface area (TPSA) is 16.4 Å².